The summed E-state index contributed by atoms with van der Waals surface area (Å²) in [5.74, 6) is 1.49. The number of allylic oxidation sites excluding steroid dienone is 2. The molecule has 0 radical (unpaired) electrons. The van der Waals surface area contributed by atoms with Gasteiger partial charge in [-0.1, -0.05) is 23.4 Å². The third-order valence-corrected chi connectivity index (χ3v) is 5.86. The van der Waals surface area contributed by atoms with Crippen LogP contribution in [0.1, 0.15) is 47.1 Å². The van der Waals surface area contributed by atoms with Gasteiger partial charge in [0.2, 0.25) is 5.88 Å². The number of ketones is 1. The number of methoxy groups -OCH3 is 1. The molecular weight excluding hydrogens is 366 g/mol. The number of hydrogen-bond acceptors (Lipinski definition) is 6. The molecule has 0 unspecified atom stereocenters. The number of benzene rings is 1. The van der Waals surface area contributed by atoms with Gasteiger partial charge >= 0.3 is 0 Å². The van der Waals surface area contributed by atoms with E-state index in [1.54, 1.807) is 13.3 Å². The van der Waals surface area contributed by atoms with Crippen molar-refractivity contribution in [1.82, 2.24) is 10.1 Å². The van der Waals surface area contributed by atoms with Crippen LogP contribution >= 0.6 is 0 Å². The van der Waals surface area contributed by atoms with Gasteiger partial charge < -0.3 is 14.6 Å². The fourth-order valence-corrected chi connectivity index (χ4v) is 4.46. The monoisotopic (exact) mass is 387 g/mol. The van der Waals surface area contributed by atoms with Crippen LogP contribution < -0.4 is 10.1 Å². The standard InChI is InChI=1S/C23H21N3O3/c1-13-20-21(15-4-3-9-24-12-15)22-18(25-23(20)29-26-13)10-16(11-19(22)27)14-5-7-17(28-2)8-6-14/h3-9,12,16,21,25H,10-11H2,1-2H3/t16-,21+/m1/s1. The summed E-state index contributed by atoms with van der Waals surface area (Å²) in [6, 6.07) is 11.9. The van der Waals surface area contributed by atoms with E-state index in [0.29, 0.717) is 12.3 Å². The van der Waals surface area contributed by atoms with Crippen molar-refractivity contribution in [2.45, 2.75) is 31.6 Å². The van der Waals surface area contributed by atoms with E-state index in [0.717, 1.165) is 45.8 Å². The third-order valence-electron chi connectivity index (χ3n) is 5.86. The first-order valence-electron chi connectivity index (χ1n) is 9.69. The molecular formula is C23H21N3O3. The Kier molecular flexibility index (Phi) is 4.19. The highest BCUT2D eigenvalue weighted by Crippen LogP contribution is 2.48. The Morgan fingerprint density at radius 1 is 1.14 bits per heavy atom. The normalized spacial score (nSPS) is 20.7. The van der Waals surface area contributed by atoms with Gasteiger partial charge in [0, 0.05) is 36.0 Å². The lowest BCUT2D eigenvalue weighted by molar-refractivity contribution is -0.116. The summed E-state index contributed by atoms with van der Waals surface area (Å²) in [4.78, 5) is 17.6. The summed E-state index contributed by atoms with van der Waals surface area (Å²) >= 11 is 0. The van der Waals surface area contributed by atoms with Gasteiger partial charge in [-0.2, -0.15) is 0 Å². The van der Waals surface area contributed by atoms with Gasteiger partial charge in [-0.25, -0.2) is 0 Å². The number of hydrogen-bond donors (Lipinski definition) is 1. The number of aromatic nitrogens is 2. The Morgan fingerprint density at radius 3 is 2.69 bits per heavy atom. The van der Waals surface area contributed by atoms with E-state index in [4.69, 9.17) is 9.26 Å². The maximum Gasteiger partial charge on any atom is 0.233 e. The number of carbonyl (C=O) groups excluding carboxylic acids is 1. The van der Waals surface area contributed by atoms with Crippen LogP contribution in [0.25, 0.3) is 0 Å². The van der Waals surface area contributed by atoms with E-state index < -0.39 is 0 Å². The second kappa shape index (κ2) is 6.88. The van der Waals surface area contributed by atoms with Gasteiger partial charge in [-0.05, 0) is 48.6 Å². The largest absolute Gasteiger partial charge is 0.497 e. The average molecular weight is 387 g/mol. The third kappa shape index (κ3) is 2.92. The molecule has 0 bridgehead atoms. The Bertz CT molecular complexity index is 1100. The average Bonchev–Trinajstić information content (AvgIpc) is 3.13. The van der Waals surface area contributed by atoms with Crippen LogP contribution in [0.3, 0.4) is 0 Å². The first kappa shape index (κ1) is 17.7. The zero-order valence-electron chi connectivity index (χ0n) is 16.3. The minimum absolute atomic E-state index is 0.111. The number of fused-ring (bicyclic) bond motifs is 1. The fourth-order valence-electron chi connectivity index (χ4n) is 4.46. The molecule has 6 nitrogen and oxygen atoms in total. The minimum atomic E-state index is -0.203. The van der Waals surface area contributed by atoms with E-state index in [9.17, 15) is 4.79 Å². The highest BCUT2D eigenvalue weighted by atomic mass is 16.5. The molecule has 2 atom stereocenters. The molecule has 1 aliphatic carbocycles. The number of nitrogens with one attached hydrogen (secondary N) is 1. The molecule has 0 spiro atoms. The lowest BCUT2D eigenvalue weighted by atomic mass is 9.72. The summed E-state index contributed by atoms with van der Waals surface area (Å²) in [5, 5.41) is 7.50. The van der Waals surface area contributed by atoms with Crippen LogP contribution in [-0.4, -0.2) is 23.0 Å². The molecule has 1 aliphatic heterocycles. The Morgan fingerprint density at radius 2 is 1.97 bits per heavy atom. The molecule has 2 aliphatic rings. The number of anilines is 1. The van der Waals surface area contributed by atoms with Crippen molar-refractivity contribution in [2.75, 3.05) is 12.4 Å². The van der Waals surface area contributed by atoms with Crippen molar-refractivity contribution < 1.29 is 14.1 Å². The molecule has 0 amide bonds. The van der Waals surface area contributed by atoms with E-state index in [-0.39, 0.29) is 17.6 Å². The van der Waals surface area contributed by atoms with Gasteiger partial charge in [0.1, 0.15) is 5.75 Å². The second-order valence-electron chi connectivity index (χ2n) is 7.55. The predicted octanol–water partition coefficient (Wildman–Crippen LogP) is 4.34. The van der Waals surface area contributed by atoms with E-state index in [1.807, 2.05) is 49.5 Å². The van der Waals surface area contributed by atoms with Crippen molar-refractivity contribution >= 4 is 11.7 Å². The summed E-state index contributed by atoms with van der Waals surface area (Å²) in [6.07, 6.45) is 4.77. The Balaban J connectivity index is 1.57. The van der Waals surface area contributed by atoms with Crippen LogP contribution in [0, 0.1) is 6.92 Å². The van der Waals surface area contributed by atoms with Crippen LogP contribution in [-0.2, 0) is 4.79 Å². The number of nitrogens with zero attached hydrogens (tertiary/aromatic N) is 2. The summed E-state index contributed by atoms with van der Waals surface area (Å²) in [5.41, 5.74) is 5.54. The van der Waals surface area contributed by atoms with Crippen LogP contribution in [0.15, 0.2) is 64.6 Å². The topological polar surface area (TPSA) is 77.2 Å². The fraction of sp³-hybridized carbons (Fsp3) is 0.261. The molecule has 1 aromatic carbocycles. The van der Waals surface area contributed by atoms with Crippen LogP contribution in [0.2, 0.25) is 0 Å². The summed E-state index contributed by atoms with van der Waals surface area (Å²) in [6.45, 7) is 1.91. The van der Waals surface area contributed by atoms with Gasteiger partial charge in [-0.15, -0.1) is 0 Å². The van der Waals surface area contributed by atoms with Crippen molar-refractivity contribution in [3.8, 4) is 5.75 Å². The lowest BCUT2D eigenvalue weighted by Gasteiger charge is -2.34. The predicted molar refractivity (Wildman–Crippen MR) is 108 cm³/mol. The minimum Gasteiger partial charge on any atom is -0.497 e. The maximum atomic E-state index is 13.4. The van der Waals surface area contributed by atoms with Gasteiger partial charge in [0.15, 0.2) is 5.78 Å². The Labute approximate surface area is 168 Å². The van der Waals surface area contributed by atoms with Crippen LogP contribution in [0.5, 0.6) is 5.75 Å². The molecule has 6 heteroatoms. The second-order valence-corrected chi connectivity index (χ2v) is 7.55. The molecule has 0 saturated carbocycles. The van der Waals surface area contributed by atoms with Gasteiger partial charge in [0.05, 0.1) is 18.4 Å². The quantitative estimate of drug-likeness (QED) is 0.720. The number of ether oxygens (including phenoxy) is 1. The van der Waals surface area contributed by atoms with Gasteiger partial charge in [-0.3, -0.25) is 9.78 Å². The van der Waals surface area contributed by atoms with E-state index >= 15 is 0 Å². The molecule has 29 heavy (non-hydrogen) atoms. The number of carbonyl (C=O) groups is 1. The van der Waals surface area contributed by atoms with E-state index in [1.165, 1.54) is 0 Å². The van der Waals surface area contributed by atoms with Crippen molar-refractivity contribution in [2.24, 2.45) is 0 Å². The number of aryl methyl sites for hydroxylation is 1. The molecule has 0 fully saturated rings. The molecule has 3 heterocycles. The highest BCUT2D eigenvalue weighted by Gasteiger charge is 2.41. The van der Waals surface area contributed by atoms with Crippen LogP contribution in [0.4, 0.5) is 5.88 Å². The number of rotatable bonds is 3. The number of Topliss-reactive ketones (excluding diaryl/α,β-unsaturated/α-hetero) is 1. The summed E-state index contributed by atoms with van der Waals surface area (Å²) in [7, 11) is 1.65. The summed E-state index contributed by atoms with van der Waals surface area (Å²) < 4.78 is 10.8. The molecule has 2 aromatic heterocycles. The smallest absolute Gasteiger partial charge is 0.233 e. The molecule has 1 N–H and O–H groups in total. The first-order valence-corrected chi connectivity index (χ1v) is 9.69. The SMILES string of the molecule is COc1ccc([C@H]2CC(=O)C3=C(C2)Nc2onc(C)c2[C@@H]3c2cccnc2)cc1. The number of pyridine rings is 1. The van der Waals surface area contributed by atoms with E-state index in [2.05, 4.69) is 15.5 Å². The maximum absolute atomic E-state index is 13.4. The Hall–Kier alpha value is -3.41. The first-order chi connectivity index (χ1) is 14.2. The van der Waals surface area contributed by atoms with Crippen molar-refractivity contribution in [1.29, 1.82) is 0 Å². The molecule has 5 rings (SSSR count). The molecule has 0 saturated heterocycles. The zero-order chi connectivity index (χ0) is 20.0. The molecule has 3 aromatic rings. The molecule has 146 valence electrons. The zero-order valence-corrected chi connectivity index (χ0v) is 16.3. The van der Waals surface area contributed by atoms with Crippen molar-refractivity contribution in [3.05, 3.63) is 82.4 Å². The lowest BCUT2D eigenvalue weighted by Crippen LogP contribution is -2.29. The highest BCUT2D eigenvalue weighted by molar-refractivity contribution is 6.01. The van der Waals surface area contributed by atoms with Crippen molar-refractivity contribution in [3.63, 3.8) is 0 Å². The van der Waals surface area contributed by atoms with Gasteiger partial charge in [0.25, 0.3) is 0 Å².